The Morgan fingerprint density at radius 3 is 2.10 bits per heavy atom. The number of alkyl carbamates (subject to hydrolysis) is 1. The Morgan fingerprint density at radius 1 is 0.967 bits per heavy atom. The van der Waals surface area contributed by atoms with Crippen molar-refractivity contribution in [2.24, 2.45) is 5.92 Å². The highest BCUT2D eigenvalue weighted by atomic mass is 16.6. The van der Waals surface area contributed by atoms with Crippen molar-refractivity contribution < 1.29 is 28.7 Å². The van der Waals surface area contributed by atoms with Crippen LogP contribution < -0.4 is 10.6 Å². The van der Waals surface area contributed by atoms with Crippen molar-refractivity contribution in [2.75, 3.05) is 0 Å². The van der Waals surface area contributed by atoms with Crippen LogP contribution in [0.1, 0.15) is 53.5 Å². The van der Waals surface area contributed by atoms with Crippen LogP contribution in [0.25, 0.3) is 0 Å². The molecule has 0 aliphatic heterocycles. The van der Waals surface area contributed by atoms with E-state index in [4.69, 9.17) is 9.47 Å². The number of esters is 1. The zero-order valence-electron chi connectivity index (χ0n) is 18.5. The van der Waals surface area contributed by atoms with Gasteiger partial charge in [0.1, 0.15) is 24.3 Å². The lowest BCUT2D eigenvalue weighted by molar-refractivity contribution is -0.149. The topological polar surface area (TPSA) is 111 Å². The highest BCUT2D eigenvalue weighted by Crippen LogP contribution is 2.10. The Hall–Kier alpha value is -2.90. The second-order valence-electron chi connectivity index (χ2n) is 8.48. The molecule has 0 saturated heterocycles. The van der Waals surface area contributed by atoms with Gasteiger partial charge in [-0.1, -0.05) is 44.2 Å². The molecule has 0 radical (unpaired) electrons. The smallest absolute Gasteiger partial charge is 0.408 e. The second kappa shape index (κ2) is 11.3. The van der Waals surface area contributed by atoms with Crippen molar-refractivity contribution in [2.45, 2.75) is 72.3 Å². The molecule has 2 atom stereocenters. The molecule has 2 amide bonds. The van der Waals surface area contributed by atoms with Gasteiger partial charge in [0.25, 0.3) is 5.91 Å². The van der Waals surface area contributed by atoms with Crippen molar-refractivity contribution in [1.82, 2.24) is 10.6 Å². The van der Waals surface area contributed by atoms with Gasteiger partial charge < -0.3 is 20.1 Å². The number of rotatable bonds is 9. The fourth-order valence-corrected chi connectivity index (χ4v) is 2.49. The van der Waals surface area contributed by atoms with Crippen molar-refractivity contribution in [3.8, 4) is 0 Å². The van der Waals surface area contributed by atoms with Gasteiger partial charge in [-0.05, 0) is 45.6 Å². The average Bonchev–Trinajstić information content (AvgIpc) is 2.63. The summed E-state index contributed by atoms with van der Waals surface area (Å²) < 4.78 is 10.3. The number of benzene rings is 1. The molecule has 8 heteroatoms. The number of hydrogen-bond donors (Lipinski definition) is 2. The molecule has 0 fully saturated rings. The highest BCUT2D eigenvalue weighted by Gasteiger charge is 2.31. The number of Topliss-reactive ketones (excluding diaryl/α,β-unsaturated/α-hetero) is 1. The zero-order chi connectivity index (χ0) is 22.9. The number of amides is 2. The molecule has 0 aliphatic carbocycles. The number of carbonyl (C=O) groups is 4. The summed E-state index contributed by atoms with van der Waals surface area (Å²) in [6.07, 6.45) is -0.539. The van der Waals surface area contributed by atoms with Gasteiger partial charge in [-0.15, -0.1) is 0 Å². The summed E-state index contributed by atoms with van der Waals surface area (Å²) in [7, 11) is 0. The molecule has 1 rings (SSSR count). The highest BCUT2D eigenvalue weighted by molar-refractivity contribution is 6.38. The molecule has 0 saturated carbocycles. The third-order valence-corrected chi connectivity index (χ3v) is 3.86. The molecule has 8 nitrogen and oxygen atoms in total. The van der Waals surface area contributed by atoms with Gasteiger partial charge in [0.2, 0.25) is 5.78 Å². The van der Waals surface area contributed by atoms with Gasteiger partial charge in [0.05, 0.1) is 0 Å². The molecule has 0 spiro atoms. The van der Waals surface area contributed by atoms with Crippen molar-refractivity contribution in [3.05, 3.63) is 35.9 Å². The minimum Gasteiger partial charge on any atom is -0.459 e. The van der Waals surface area contributed by atoms with E-state index in [1.807, 2.05) is 32.0 Å². The first-order chi connectivity index (χ1) is 13.9. The van der Waals surface area contributed by atoms with Gasteiger partial charge >= 0.3 is 12.1 Å². The van der Waals surface area contributed by atoms with E-state index in [-0.39, 0.29) is 18.9 Å². The van der Waals surface area contributed by atoms with Gasteiger partial charge in [-0.2, -0.15) is 0 Å². The molecule has 166 valence electrons. The lowest BCUT2D eigenvalue weighted by Crippen LogP contribution is -2.51. The van der Waals surface area contributed by atoms with Crippen molar-refractivity contribution in [3.63, 3.8) is 0 Å². The standard InChI is InChI=1S/C22H32N2O6/c1-14(2)12-17(24-21(28)30-22(4,5)6)18(25)19(26)23-15(3)20(27)29-13-16-10-8-7-9-11-16/h7-11,14-15,17H,12-13H2,1-6H3,(H,23,26)(H,24,28)/t15-,17-/m0/s1. The molecule has 0 aliphatic rings. The maximum Gasteiger partial charge on any atom is 0.408 e. The summed E-state index contributed by atoms with van der Waals surface area (Å²) in [5.41, 5.74) is 0.0634. The third-order valence-electron chi connectivity index (χ3n) is 3.86. The first-order valence-electron chi connectivity index (χ1n) is 9.94. The summed E-state index contributed by atoms with van der Waals surface area (Å²) in [5, 5.41) is 4.78. The van der Waals surface area contributed by atoms with Crippen LogP contribution in [0.2, 0.25) is 0 Å². The molecule has 1 aromatic carbocycles. The first-order valence-corrected chi connectivity index (χ1v) is 9.94. The normalized spacial score (nSPS) is 13.2. The minimum atomic E-state index is -1.06. The summed E-state index contributed by atoms with van der Waals surface area (Å²) in [4.78, 5) is 49.1. The van der Waals surface area contributed by atoms with Crippen LogP contribution in [0, 0.1) is 5.92 Å². The number of ether oxygens (including phenoxy) is 2. The minimum absolute atomic E-state index is 0.0370. The summed E-state index contributed by atoms with van der Waals surface area (Å²) >= 11 is 0. The molecule has 2 N–H and O–H groups in total. The SMILES string of the molecule is CC(C)C[C@H](NC(=O)OC(C)(C)C)C(=O)C(=O)N[C@@H](C)C(=O)OCc1ccccc1. The van der Waals surface area contributed by atoms with Gasteiger partial charge in [0.15, 0.2) is 0 Å². The lowest BCUT2D eigenvalue weighted by Gasteiger charge is -2.24. The Morgan fingerprint density at radius 2 is 1.57 bits per heavy atom. The molecule has 30 heavy (non-hydrogen) atoms. The van der Waals surface area contributed by atoms with E-state index in [0.717, 1.165) is 5.56 Å². The molecular formula is C22H32N2O6. The van der Waals surface area contributed by atoms with E-state index in [1.165, 1.54) is 6.92 Å². The van der Waals surface area contributed by atoms with E-state index < -0.39 is 41.4 Å². The third kappa shape index (κ3) is 9.54. The van der Waals surface area contributed by atoms with Crippen LogP contribution in [0.4, 0.5) is 4.79 Å². The van der Waals surface area contributed by atoms with E-state index >= 15 is 0 Å². The number of nitrogens with one attached hydrogen (secondary N) is 2. The largest absolute Gasteiger partial charge is 0.459 e. The van der Waals surface area contributed by atoms with E-state index in [0.29, 0.717) is 0 Å². The zero-order valence-corrected chi connectivity index (χ0v) is 18.5. The van der Waals surface area contributed by atoms with Crippen molar-refractivity contribution in [1.29, 1.82) is 0 Å². The fraction of sp³-hybridized carbons (Fsp3) is 0.545. The Kier molecular flexibility index (Phi) is 9.49. The van der Waals surface area contributed by atoms with Crippen LogP contribution in [0.5, 0.6) is 0 Å². The monoisotopic (exact) mass is 420 g/mol. The summed E-state index contributed by atoms with van der Waals surface area (Å²) in [6, 6.07) is 7.01. The fourth-order valence-electron chi connectivity index (χ4n) is 2.49. The lowest BCUT2D eigenvalue weighted by atomic mass is 10.00. The predicted octanol–water partition coefficient (Wildman–Crippen LogP) is 2.74. The average molecular weight is 421 g/mol. The maximum atomic E-state index is 12.6. The molecule has 0 unspecified atom stereocenters. The number of ketones is 1. The molecule has 1 aromatic rings. The quantitative estimate of drug-likeness (QED) is 0.469. The van der Waals surface area contributed by atoms with Gasteiger partial charge in [-0.25, -0.2) is 9.59 Å². The molecule has 0 bridgehead atoms. The Labute approximate surface area is 177 Å². The van der Waals surface area contributed by atoms with E-state index in [9.17, 15) is 19.2 Å². The number of hydrogen-bond acceptors (Lipinski definition) is 6. The van der Waals surface area contributed by atoms with Crippen LogP contribution in [0.3, 0.4) is 0 Å². The van der Waals surface area contributed by atoms with Crippen LogP contribution in [-0.2, 0) is 30.5 Å². The Balaban J connectivity index is 2.66. The molecule has 0 heterocycles. The van der Waals surface area contributed by atoms with Crippen molar-refractivity contribution >= 4 is 23.8 Å². The van der Waals surface area contributed by atoms with Crippen LogP contribution in [-0.4, -0.2) is 41.4 Å². The Bertz CT molecular complexity index is 740. The predicted molar refractivity (Wildman–Crippen MR) is 111 cm³/mol. The summed E-state index contributed by atoms with van der Waals surface area (Å²) in [6.45, 7) is 10.3. The second-order valence-corrected chi connectivity index (χ2v) is 8.48. The maximum absolute atomic E-state index is 12.6. The van der Waals surface area contributed by atoms with Crippen LogP contribution in [0.15, 0.2) is 30.3 Å². The van der Waals surface area contributed by atoms with Gasteiger partial charge in [-0.3, -0.25) is 9.59 Å². The van der Waals surface area contributed by atoms with E-state index in [2.05, 4.69) is 10.6 Å². The molecular weight excluding hydrogens is 388 g/mol. The number of carbonyl (C=O) groups excluding carboxylic acids is 4. The van der Waals surface area contributed by atoms with Crippen LogP contribution >= 0.6 is 0 Å². The van der Waals surface area contributed by atoms with E-state index in [1.54, 1.807) is 32.9 Å². The molecule has 0 aromatic heterocycles. The van der Waals surface area contributed by atoms with Gasteiger partial charge in [0, 0.05) is 0 Å². The first kappa shape index (κ1) is 25.1. The summed E-state index contributed by atoms with van der Waals surface area (Å²) in [5.74, 6) is -2.45.